The zero-order valence-corrected chi connectivity index (χ0v) is 12.4. The highest BCUT2D eigenvalue weighted by atomic mass is 35.5. The van der Waals surface area contributed by atoms with E-state index in [1.165, 1.54) is 0 Å². The molecule has 0 amide bonds. The minimum Gasteiger partial charge on any atom is -0.328 e. The number of nitrogens with two attached hydrogens (primary N) is 1. The first kappa shape index (κ1) is 17.2. The first-order valence-corrected chi connectivity index (χ1v) is 7.95. The van der Waals surface area contributed by atoms with Gasteiger partial charge in [-0.2, -0.15) is 0 Å². The number of hydrogen-bond donors (Lipinski definition) is 1. The third kappa shape index (κ3) is 6.04. The fourth-order valence-corrected chi connectivity index (χ4v) is 2.94. The maximum atomic E-state index is 11.4. The molecule has 0 bridgehead atoms. The van der Waals surface area contributed by atoms with Crippen molar-refractivity contribution in [1.82, 2.24) is 4.90 Å². The lowest BCUT2D eigenvalue weighted by Crippen LogP contribution is -2.41. The number of likely N-dealkylation sites (tertiary alicyclic amines) is 1. The van der Waals surface area contributed by atoms with Gasteiger partial charge in [0.2, 0.25) is 0 Å². The van der Waals surface area contributed by atoms with Crippen molar-refractivity contribution in [2.24, 2.45) is 11.7 Å². The lowest BCUT2D eigenvalue weighted by Gasteiger charge is -2.33. The highest BCUT2D eigenvalue weighted by Gasteiger charge is 2.22. The molecule has 104 valence electrons. The highest BCUT2D eigenvalue weighted by Crippen LogP contribution is 2.19. The van der Waals surface area contributed by atoms with Gasteiger partial charge < -0.3 is 10.6 Å². The van der Waals surface area contributed by atoms with E-state index in [0.717, 1.165) is 25.9 Å². The number of nitrogens with zero attached hydrogens (tertiary/aromatic N) is 1. The van der Waals surface area contributed by atoms with Crippen LogP contribution in [0.15, 0.2) is 0 Å². The van der Waals surface area contributed by atoms with E-state index < -0.39 is 9.84 Å². The summed E-state index contributed by atoms with van der Waals surface area (Å²) in [5.74, 6) is 1.16. The van der Waals surface area contributed by atoms with Crippen molar-refractivity contribution < 1.29 is 8.42 Å². The molecule has 0 aliphatic carbocycles. The standard InChI is InChI=1S/C11H24N2O2S.ClH/c1-3-16(14,15)9-8-13-6-4-11(5-7-13)10(2)12;/h10-11H,3-9,12H2,1-2H3;1H. The monoisotopic (exact) mass is 284 g/mol. The van der Waals surface area contributed by atoms with Crippen LogP contribution in [0.2, 0.25) is 0 Å². The van der Waals surface area contributed by atoms with Crippen LogP contribution >= 0.6 is 12.4 Å². The van der Waals surface area contributed by atoms with Gasteiger partial charge in [0.1, 0.15) is 0 Å². The molecule has 0 aromatic carbocycles. The maximum Gasteiger partial charge on any atom is 0.151 e. The molecule has 4 nitrogen and oxygen atoms in total. The van der Waals surface area contributed by atoms with Gasteiger partial charge in [0.05, 0.1) is 5.75 Å². The summed E-state index contributed by atoms with van der Waals surface area (Å²) >= 11 is 0. The Kier molecular flexibility index (Phi) is 7.63. The largest absolute Gasteiger partial charge is 0.328 e. The van der Waals surface area contributed by atoms with Gasteiger partial charge in [-0.15, -0.1) is 12.4 Å². The van der Waals surface area contributed by atoms with Crippen LogP contribution in [-0.4, -0.2) is 50.5 Å². The summed E-state index contributed by atoms with van der Waals surface area (Å²) in [5, 5.41) is 0. The molecule has 0 saturated carbocycles. The van der Waals surface area contributed by atoms with E-state index >= 15 is 0 Å². The molecule has 0 aromatic heterocycles. The summed E-state index contributed by atoms with van der Waals surface area (Å²) in [6, 6.07) is 0.265. The van der Waals surface area contributed by atoms with Crippen LogP contribution in [0.5, 0.6) is 0 Å². The van der Waals surface area contributed by atoms with Crippen molar-refractivity contribution in [1.29, 1.82) is 0 Å². The second-order valence-corrected chi connectivity index (χ2v) is 7.25. The molecule has 1 heterocycles. The summed E-state index contributed by atoms with van der Waals surface area (Å²) < 4.78 is 22.7. The number of halogens is 1. The smallest absolute Gasteiger partial charge is 0.151 e. The lowest BCUT2D eigenvalue weighted by atomic mass is 9.91. The number of sulfone groups is 1. The molecule has 0 spiro atoms. The van der Waals surface area contributed by atoms with Crippen molar-refractivity contribution in [3.05, 3.63) is 0 Å². The van der Waals surface area contributed by atoms with Crippen molar-refractivity contribution in [3.8, 4) is 0 Å². The van der Waals surface area contributed by atoms with Crippen molar-refractivity contribution in [2.45, 2.75) is 32.7 Å². The molecule has 1 aliphatic heterocycles. The Morgan fingerprint density at radius 3 is 2.29 bits per heavy atom. The minimum absolute atomic E-state index is 0. The Hall–Kier alpha value is 0.160. The van der Waals surface area contributed by atoms with Gasteiger partial charge in [-0.05, 0) is 38.8 Å². The first-order valence-electron chi connectivity index (χ1n) is 6.13. The lowest BCUT2D eigenvalue weighted by molar-refractivity contribution is 0.180. The first-order chi connectivity index (χ1) is 7.44. The van der Waals surface area contributed by atoms with Crippen LogP contribution < -0.4 is 5.73 Å². The van der Waals surface area contributed by atoms with Gasteiger partial charge in [0.15, 0.2) is 9.84 Å². The van der Waals surface area contributed by atoms with Gasteiger partial charge in [0.25, 0.3) is 0 Å². The molecular weight excluding hydrogens is 260 g/mol. The van der Waals surface area contributed by atoms with E-state index in [4.69, 9.17) is 5.73 Å². The van der Waals surface area contributed by atoms with Crippen LogP contribution in [0.1, 0.15) is 26.7 Å². The molecule has 0 radical (unpaired) electrons. The molecule has 1 aliphatic rings. The Morgan fingerprint density at radius 1 is 1.35 bits per heavy atom. The predicted molar refractivity (Wildman–Crippen MR) is 74.4 cm³/mol. The van der Waals surface area contributed by atoms with Gasteiger partial charge in [-0.3, -0.25) is 0 Å². The van der Waals surface area contributed by atoms with E-state index in [2.05, 4.69) is 11.8 Å². The molecule has 1 atom stereocenters. The second-order valence-electron chi connectivity index (χ2n) is 4.77. The maximum absolute atomic E-state index is 11.4. The molecule has 2 N–H and O–H groups in total. The second kappa shape index (κ2) is 7.56. The Morgan fingerprint density at radius 2 is 1.88 bits per heavy atom. The average Bonchev–Trinajstić information content (AvgIpc) is 2.27. The van der Waals surface area contributed by atoms with Crippen molar-refractivity contribution >= 4 is 22.2 Å². The van der Waals surface area contributed by atoms with E-state index in [-0.39, 0.29) is 24.2 Å². The molecule has 0 aromatic rings. The van der Waals surface area contributed by atoms with Crippen LogP contribution in [0, 0.1) is 5.92 Å². The summed E-state index contributed by atoms with van der Waals surface area (Å²) in [6.07, 6.45) is 2.20. The number of rotatable bonds is 5. The summed E-state index contributed by atoms with van der Waals surface area (Å²) in [5.41, 5.74) is 5.86. The average molecular weight is 285 g/mol. The van der Waals surface area contributed by atoms with Crippen molar-refractivity contribution in [2.75, 3.05) is 31.1 Å². The number of piperidine rings is 1. The highest BCUT2D eigenvalue weighted by molar-refractivity contribution is 7.91. The molecule has 6 heteroatoms. The summed E-state index contributed by atoms with van der Waals surface area (Å²) in [4.78, 5) is 2.24. The zero-order valence-electron chi connectivity index (χ0n) is 10.8. The molecule has 1 saturated heterocycles. The van der Waals surface area contributed by atoms with Crippen molar-refractivity contribution in [3.63, 3.8) is 0 Å². The molecular formula is C11H25ClN2O2S. The van der Waals surface area contributed by atoms with E-state index in [1.54, 1.807) is 6.92 Å². The fourth-order valence-electron chi connectivity index (χ4n) is 2.11. The molecule has 1 unspecified atom stereocenters. The number of hydrogen-bond acceptors (Lipinski definition) is 4. The molecule has 17 heavy (non-hydrogen) atoms. The Labute approximate surface area is 111 Å². The van der Waals surface area contributed by atoms with Crippen LogP contribution in [0.25, 0.3) is 0 Å². The van der Waals surface area contributed by atoms with E-state index in [0.29, 0.717) is 18.2 Å². The van der Waals surface area contributed by atoms with Gasteiger partial charge in [-0.1, -0.05) is 6.92 Å². The third-order valence-electron chi connectivity index (χ3n) is 3.53. The minimum atomic E-state index is -2.82. The Bertz CT molecular complexity index is 299. The van der Waals surface area contributed by atoms with E-state index in [9.17, 15) is 8.42 Å². The third-order valence-corrected chi connectivity index (χ3v) is 5.22. The predicted octanol–water partition coefficient (Wildman–Crippen LogP) is 0.902. The summed E-state index contributed by atoms with van der Waals surface area (Å²) in [6.45, 7) is 6.43. The van der Waals surface area contributed by atoms with Crippen LogP contribution in [-0.2, 0) is 9.84 Å². The summed E-state index contributed by atoms with van der Waals surface area (Å²) in [7, 11) is -2.82. The van der Waals surface area contributed by atoms with Crippen LogP contribution in [0.3, 0.4) is 0 Å². The quantitative estimate of drug-likeness (QED) is 0.815. The zero-order chi connectivity index (χ0) is 12.2. The van der Waals surface area contributed by atoms with Gasteiger partial charge in [0, 0.05) is 18.3 Å². The van der Waals surface area contributed by atoms with Gasteiger partial charge >= 0.3 is 0 Å². The van der Waals surface area contributed by atoms with Crippen LogP contribution in [0.4, 0.5) is 0 Å². The Balaban J connectivity index is 0.00000256. The van der Waals surface area contributed by atoms with Gasteiger partial charge in [-0.25, -0.2) is 8.42 Å². The van der Waals surface area contributed by atoms with E-state index in [1.807, 2.05) is 0 Å². The fraction of sp³-hybridized carbons (Fsp3) is 1.00. The normalized spacial score (nSPS) is 20.9. The molecule has 1 rings (SSSR count). The molecule has 1 fully saturated rings. The topological polar surface area (TPSA) is 63.4 Å². The SMILES string of the molecule is CCS(=O)(=O)CCN1CCC(C(C)N)CC1.Cl.